The molecule has 1 heterocycles. The lowest BCUT2D eigenvalue weighted by Gasteiger charge is -2.04. The number of hydrogen-bond donors (Lipinski definition) is 0. The zero-order valence-electron chi connectivity index (χ0n) is 12.8. The molecule has 0 aliphatic rings. The highest BCUT2D eigenvalue weighted by atomic mass is 32.1. The molecule has 6 heteroatoms. The molecular formula is C18H13F2NO2S. The van der Waals surface area contributed by atoms with Gasteiger partial charge in [-0.15, -0.1) is 11.3 Å². The van der Waals surface area contributed by atoms with Crippen molar-refractivity contribution in [2.75, 3.05) is 0 Å². The predicted octanol–water partition coefficient (Wildman–Crippen LogP) is 4.75. The molecule has 0 aliphatic carbocycles. The van der Waals surface area contributed by atoms with Crippen molar-refractivity contribution >= 4 is 17.3 Å². The van der Waals surface area contributed by atoms with E-state index in [-0.39, 0.29) is 12.2 Å². The molecule has 3 rings (SSSR count). The summed E-state index contributed by atoms with van der Waals surface area (Å²) in [4.78, 5) is 16.3. The Morgan fingerprint density at radius 2 is 1.92 bits per heavy atom. The zero-order chi connectivity index (χ0) is 17.1. The van der Waals surface area contributed by atoms with Crippen LogP contribution in [0.25, 0.3) is 10.6 Å². The second kappa shape index (κ2) is 6.88. The van der Waals surface area contributed by atoms with Gasteiger partial charge in [-0.05, 0) is 19.1 Å². The summed E-state index contributed by atoms with van der Waals surface area (Å²) in [7, 11) is 0. The summed E-state index contributed by atoms with van der Waals surface area (Å²) in [6.07, 6.45) is 0. The number of halogens is 2. The molecule has 0 unspecified atom stereocenters. The maximum atomic E-state index is 13.5. The number of carbonyl (C=O) groups excluding carboxylic acids is 1. The highest BCUT2D eigenvalue weighted by molar-refractivity contribution is 7.13. The topological polar surface area (TPSA) is 39.2 Å². The minimum absolute atomic E-state index is 0.0714. The van der Waals surface area contributed by atoms with Crippen LogP contribution in [0.3, 0.4) is 0 Å². The average Bonchev–Trinajstić information content (AvgIpc) is 3.02. The fourth-order valence-corrected chi connectivity index (χ4v) is 2.88. The largest absolute Gasteiger partial charge is 0.455 e. The molecule has 0 atom stereocenters. The summed E-state index contributed by atoms with van der Waals surface area (Å²) < 4.78 is 31.4. The van der Waals surface area contributed by atoms with Gasteiger partial charge in [0.1, 0.15) is 23.2 Å². The van der Waals surface area contributed by atoms with E-state index in [0.29, 0.717) is 11.8 Å². The van der Waals surface area contributed by atoms with Crippen LogP contribution >= 0.6 is 11.3 Å². The van der Waals surface area contributed by atoms with Crippen LogP contribution in [0, 0.1) is 18.6 Å². The van der Waals surface area contributed by atoms with E-state index in [2.05, 4.69) is 4.98 Å². The van der Waals surface area contributed by atoms with Crippen molar-refractivity contribution in [3.63, 3.8) is 0 Å². The molecule has 0 aliphatic heterocycles. The molecule has 0 radical (unpaired) electrons. The van der Waals surface area contributed by atoms with Crippen LogP contribution in [-0.2, 0) is 11.3 Å². The molecule has 1 aromatic heterocycles. The third-order valence-electron chi connectivity index (χ3n) is 3.35. The number of nitrogens with zero attached hydrogens (tertiary/aromatic N) is 1. The van der Waals surface area contributed by atoms with Crippen molar-refractivity contribution in [1.82, 2.24) is 4.98 Å². The van der Waals surface area contributed by atoms with Gasteiger partial charge in [0.05, 0.1) is 11.3 Å². The summed E-state index contributed by atoms with van der Waals surface area (Å²) in [5.41, 5.74) is 2.41. The molecule has 0 saturated heterocycles. The first-order valence-corrected chi connectivity index (χ1v) is 8.04. The van der Waals surface area contributed by atoms with E-state index < -0.39 is 17.6 Å². The van der Waals surface area contributed by atoms with Gasteiger partial charge in [0, 0.05) is 17.0 Å². The Bertz CT molecular complexity index is 875. The molecule has 122 valence electrons. The van der Waals surface area contributed by atoms with Crippen molar-refractivity contribution in [3.8, 4) is 10.6 Å². The highest BCUT2D eigenvalue weighted by Gasteiger charge is 2.15. The van der Waals surface area contributed by atoms with Crippen molar-refractivity contribution in [2.24, 2.45) is 0 Å². The molecule has 0 saturated carbocycles. The lowest BCUT2D eigenvalue weighted by Crippen LogP contribution is -2.08. The van der Waals surface area contributed by atoms with E-state index in [1.165, 1.54) is 11.3 Å². The molecule has 0 bridgehead atoms. The number of ether oxygens (including phenoxy) is 1. The van der Waals surface area contributed by atoms with Crippen LogP contribution in [0.2, 0.25) is 0 Å². The van der Waals surface area contributed by atoms with Gasteiger partial charge in [0.25, 0.3) is 0 Å². The Morgan fingerprint density at radius 1 is 1.17 bits per heavy atom. The van der Waals surface area contributed by atoms with Crippen LogP contribution in [0.15, 0.2) is 47.8 Å². The van der Waals surface area contributed by atoms with Gasteiger partial charge < -0.3 is 4.74 Å². The summed E-state index contributed by atoms with van der Waals surface area (Å²) in [6, 6.07) is 10.6. The highest BCUT2D eigenvalue weighted by Crippen LogP contribution is 2.24. The number of thiazole rings is 1. The summed E-state index contributed by atoms with van der Waals surface area (Å²) in [5.74, 6) is -2.54. The molecule has 2 aromatic carbocycles. The van der Waals surface area contributed by atoms with Gasteiger partial charge in [-0.1, -0.05) is 29.8 Å². The van der Waals surface area contributed by atoms with Gasteiger partial charge in [-0.3, -0.25) is 0 Å². The van der Waals surface area contributed by atoms with Crippen LogP contribution in [-0.4, -0.2) is 11.0 Å². The molecule has 3 nitrogen and oxygen atoms in total. The Morgan fingerprint density at radius 3 is 2.62 bits per heavy atom. The zero-order valence-corrected chi connectivity index (χ0v) is 13.6. The lowest BCUT2D eigenvalue weighted by molar-refractivity contribution is 0.0463. The van der Waals surface area contributed by atoms with Crippen molar-refractivity contribution in [3.05, 3.63) is 76.3 Å². The van der Waals surface area contributed by atoms with Gasteiger partial charge in [-0.2, -0.15) is 0 Å². The van der Waals surface area contributed by atoms with E-state index in [1.807, 2.05) is 31.2 Å². The minimum Gasteiger partial charge on any atom is -0.455 e. The monoisotopic (exact) mass is 345 g/mol. The molecule has 0 amide bonds. The number of aryl methyl sites for hydroxylation is 1. The molecule has 0 N–H and O–H groups in total. The number of aromatic nitrogens is 1. The third kappa shape index (κ3) is 3.65. The SMILES string of the molecule is Cc1ccc(-c2nc(COC(=O)c3ccc(F)cc3F)cs2)cc1. The summed E-state index contributed by atoms with van der Waals surface area (Å²) in [5, 5.41) is 2.60. The van der Waals surface area contributed by atoms with E-state index in [0.717, 1.165) is 28.3 Å². The maximum Gasteiger partial charge on any atom is 0.341 e. The lowest BCUT2D eigenvalue weighted by atomic mass is 10.2. The van der Waals surface area contributed by atoms with Gasteiger partial charge >= 0.3 is 5.97 Å². The minimum atomic E-state index is -0.946. The standard InChI is InChI=1S/C18H13F2NO2S/c1-11-2-4-12(5-3-11)17-21-14(10-24-17)9-23-18(22)15-7-6-13(19)8-16(15)20/h2-8,10H,9H2,1H3. The maximum absolute atomic E-state index is 13.5. The molecular weight excluding hydrogens is 332 g/mol. The number of hydrogen-bond acceptors (Lipinski definition) is 4. The average molecular weight is 345 g/mol. The van der Waals surface area contributed by atoms with Gasteiger partial charge in [-0.25, -0.2) is 18.6 Å². The van der Waals surface area contributed by atoms with E-state index >= 15 is 0 Å². The number of esters is 1. The predicted molar refractivity (Wildman–Crippen MR) is 87.8 cm³/mol. The van der Waals surface area contributed by atoms with E-state index in [9.17, 15) is 13.6 Å². The number of carbonyl (C=O) groups is 1. The van der Waals surface area contributed by atoms with E-state index in [1.54, 1.807) is 5.38 Å². The second-order valence-electron chi connectivity index (χ2n) is 5.21. The van der Waals surface area contributed by atoms with Crippen molar-refractivity contribution < 1.29 is 18.3 Å². The molecule has 24 heavy (non-hydrogen) atoms. The summed E-state index contributed by atoms with van der Waals surface area (Å²) in [6.45, 7) is 1.93. The molecule has 3 aromatic rings. The Kier molecular flexibility index (Phi) is 4.66. The fourth-order valence-electron chi connectivity index (χ4n) is 2.07. The van der Waals surface area contributed by atoms with E-state index in [4.69, 9.17) is 4.74 Å². The fraction of sp³-hybridized carbons (Fsp3) is 0.111. The Balaban J connectivity index is 1.67. The van der Waals surface area contributed by atoms with Crippen LogP contribution in [0.4, 0.5) is 8.78 Å². The second-order valence-corrected chi connectivity index (χ2v) is 6.07. The van der Waals surface area contributed by atoms with Gasteiger partial charge in [0.2, 0.25) is 0 Å². The van der Waals surface area contributed by atoms with Crippen LogP contribution < -0.4 is 0 Å². The van der Waals surface area contributed by atoms with Crippen molar-refractivity contribution in [1.29, 1.82) is 0 Å². The molecule has 0 spiro atoms. The Labute approximate surface area is 141 Å². The van der Waals surface area contributed by atoms with Crippen LogP contribution in [0.1, 0.15) is 21.6 Å². The van der Waals surface area contributed by atoms with Gasteiger partial charge in [0.15, 0.2) is 0 Å². The normalized spacial score (nSPS) is 10.6. The summed E-state index contributed by atoms with van der Waals surface area (Å²) >= 11 is 1.44. The number of benzene rings is 2. The third-order valence-corrected chi connectivity index (χ3v) is 4.29. The number of rotatable bonds is 4. The Hall–Kier alpha value is -2.60. The van der Waals surface area contributed by atoms with Crippen LogP contribution in [0.5, 0.6) is 0 Å². The smallest absolute Gasteiger partial charge is 0.341 e. The first kappa shape index (κ1) is 16.3. The first-order chi connectivity index (χ1) is 11.5. The first-order valence-electron chi connectivity index (χ1n) is 7.16. The quantitative estimate of drug-likeness (QED) is 0.640. The molecule has 0 fully saturated rings. The van der Waals surface area contributed by atoms with Crippen molar-refractivity contribution in [2.45, 2.75) is 13.5 Å².